The van der Waals surface area contributed by atoms with Crippen molar-refractivity contribution in [2.75, 3.05) is 26.3 Å². The summed E-state index contributed by atoms with van der Waals surface area (Å²) in [6, 6.07) is 14.0. The molecule has 0 radical (unpaired) electrons. The maximum atomic E-state index is 12.5. The zero-order chi connectivity index (χ0) is 19.3. The number of halogens is 1. The molecule has 1 N–H and O–H groups in total. The summed E-state index contributed by atoms with van der Waals surface area (Å²) in [5.41, 5.74) is 2.11. The number of rotatable bonds is 5. The molecular formula is C22H25ClN2O3. The highest BCUT2D eigenvalue weighted by Gasteiger charge is 2.28. The Hall–Kier alpha value is -2.24. The molecule has 2 aromatic rings. The van der Waals surface area contributed by atoms with Crippen LogP contribution < -0.4 is 14.8 Å². The Balaban J connectivity index is 1.39. The minimum Gasteiger partial charge on any atom is -0.490 e. The van der Waals surface area contributed by atoms with Gasteiger partial charge in [0, 0.05) is 24.0 Å². The summed E-state index contributed by atoms with van der Waals surface area (Å²) in [4.78, 5) is 14.7. The number of fused-ring (bicyclic) bond motifs is 1. The van der Waals surface area contributed by atoms with Gasteiger partial charge < -0.3 is 14.8 Å². The first-order valence-electron chi connectivity index (χ1n) is 9.84. The molecule has 0 saturated carbocycles. The van der Waals surface area contributed by atoms with Crippen molar-refractivity contribution in [2.24, 2.45) is 0 Å². The lowest BCUT2D eigenvalue weighted by Crippen LogP contribution is -2.36. The topological polar surface area (TPSA) is 50.8 Å². The van der Waals surface area contributed by atoms with Crippen LogP contribution in [0.15, 0.2) is 42.5 Å². The number of likely N-dealkylation sites (tertiary alicyclic amines) is 1. The van der Waals surface area contributed by atoms with E-state index in [2.05, 4.69) is 22.3 Å². The van der Waals surface area contributed by atoms with E-state index >= 15 is 0 Å². The van der Waals surface area contributed by atoms with Gasteiger partial charge in [-0.15, -0.1) is 0 Å². The van der Waals surface area contributed by atoms with Crippen LogP contribution >= 0.6 is 11.6 Å². The molecule has 5 nitrogen and oxygen atoms in total. The van der Waals surface area contributed by atoms with E-state index in [-0.39, 0.29) is 11.9 Å². The first kappa shape index (κ1) is 19.1. The smallest absolute Gasteiger partial charge is 0.234 e. The Morgan fingerprint density at radius 2 is 1.93 bits per heavy atom. The van der Waals surface area contributed by atoms with Crippen LogP contribution in [0, 0.1) is 0 Å². The zero-order valence-electron chi connectivity index (χ0n) is 15.8. The number of amides is 1. The molecule has 1 unspecified atom stereocenters. The van der Waals surface area contributed by atoms with Gasteiger partial charge >= 0.3 is 0 Å². The van der Waals surface area contributed by atoms with E-state index < -0.39 is 0 Å². The molecule has 2 aromatic carbocycles. The van der Waals surface area contributed by atoms with E-state index in [0.717, 1.165) is 42.9 Å². The third kappa shape index (κ3) is 4.42. The van der Waals surface area contributed by atoms with E-state index in [1.165, 1.54) is 5.56 Å². The van der Waals surface area contributed by atoms with E-state index in [9.17, 15) is 4.79 Å². The molecule has 0 bridgehead atoms. The summed E-state index contributed by atoms with van der Waals surface area (Å²) in [7, 11) is 0. The Kier molecular flexibility index (Phi) is 6.03. The van der Waals surface area contributed by atoms with Gasteiger partial charge in [0.25, 0.3) is 0 Å². The molecule has 4 rings (SSSR count). The molecule has 1 atom stereocenters. The number of carbonyl (C=O) groups excluding carboxylic acids is 1. The van der Waals surface area contributed by atoms with E-state index in [0.29, 0.717) is 31.3 Å². The SMILES string of the molecule is O=C(CN1CCCC1c1ccc2c(c1)OCCCO2)NCc1ccccc1Cl. The summed E-state index contributed by atoms with van der Waals surface area (Å²) in [5, 5.41) is 3.66. The van der Waals surface area contributed by atoms with Crippen molar-refractivity contribution >= 4 is 17.5 Å². The van der Waals surface area contributed by atoms with E-state index in [1.807, 2.05) is 30.3 Å². The number of hydrogen-bond donors (Lipinski definition) is 1. The molecular weight excluding hydrogens is 376 g/mol. The number of nitrogens with zero attached hydrogens (tertiary/aromatic N) is 1. The van der Waals surface area contributed by atoms with Gasteiger partial charge in [0.15, 0.2) is 11.5 Å². The van der Waals surface area contributed by atoms with E-state index in [4.69, 9.17) is 21.1 Å². The molecule has 0 aliphatic carbocycles. The lowest BCUT2D eigenvalue weighted by Gasteiger charge is -2.25. The first-order valence-corrected chi connectivity index (χ1v) is 10.2. The van der Waals surface area contributed by atoms with Crippen molar-refractivity contribution in [1.82, 2.24) is 10.2 Å². The van der Waals surface area contributed by atoms with Crippen molar-refractivity contribution < 1.29 is 14.3 Å². The van der Waals surface area contributed by atoms with Gasteiger partial charge in [0.2, 0.25) is 5.91 Å². The van der Waals surface area contributed by atoms with Crippen LogP contribution in [-0.4, -0.2) is 37.1 Å². The van der Waals surface area contributed by atoms with Gasteiger partial charge in [-0.1, -0.05) is 35.9 Å². The molecule has 148 valence electrons. The van der Waals surface area contributed by atoms with Crippen molar-refractivity contribution in [3.05, 3.63) is 58.6 Å². The first-order chi connectivity index (χ1) is 13.7. The number of hydrogen-bond acceptors (Lipinski definition) is 4. The molecule has 28 heavy (non-hydrogen) atoms. The molecule has 1 fully saturated rings. The molecule has 2 aliphatic heterocycles. The van der Waals surface area contributed by atoms with Gasteiger partial charge in [-0.3, -0.25) is 9.69 Å². The Labute approximate surface area is 170 Å². The lowest BCUT2D eigenvalue weighted by molar-refractivity contribution is -0.122. The molecule has 1 saturated heterocycles. The van der Waals surface area contributed by atoms with Crippen molar-refractivity contribution in [3.8, 4) is 11.5 Å². The van der Waals surface area contributed by atoms with Crippen molar-refractivity contribution in [2.45, 2.75) is 31.8 Å². The third-order valence-electron chi connectivity index (χ3n) is 5.30. The molecule has 1 amide bonds. The largest absolute Gasteiger partial charge is 0.490 e. The third-order valence-corrected chi connectivity index (χ3v) is 5.67. The average molecular weight is 401 g/mol. The van der Waals surface area contributed by atoms with Gasteiger partial charge in [-0.05, 0) is 48.7 Å². The second-order valence-electron chi connectivity index (χ2n) is 7.25. The Morgan fingerprint density at radius 3 is 2.79 bits per heavy atom. The molecule has 0 aromatic heterocycles. The molecule has 0 spiro atoms. The van der Waals surface area contributed by atoms with Crippen LogP contribution in [0.3, 0.4) is 0 Å². The average Bonchev–Trinajstić information content (AvgIpc) is 3.02. The minimum atomic E-state index is 0.0150. The number of carbonyl (C=O) groups is 1. The number of benzene rings is 2. The van der Waals surface area contributed by atoms with Crippen LogP contribution in [0.4, 0.5) is 0 Å². The highest BCUT2D eigenvalue weighted by atomic mass is 35.5. The Bertz CT molecular complexity index is 842. The maximum absolute atomic E-state index is 12.5. The number of nitrogens with one attached hydrogen (secondary N) is 1. The van der Waals surface area contributed by atoms with Crippen LogP contribution in [0.5, 0.6) is 11.5 Å². The number of ether oxygens (including phenoxy) is 2. The summed E-state index contributed by atoms with van der Waals surface area (Å²) in [6.45, 7) is 3.10. The van der Waals surface area contributed by atoms with Crippen LogP contribution in [0.2, 0.25) is 5.02 Å². The van der Waals surface area contributed by atoms with Crippen LogP contribution in [-0.2, 0) is 11.3 Å². The molecule has 2 aliphatic rings. The fourth-order valence-electron chi connectivity index (χ4n) is 3.86. The normalized spacial score (nSPS) is 19.2. The van der Waals surface area contributed by atoms with Gasteiger partial charge in [-0.25, -0.2) is 0 Å². The molecule has 2 heterocycles. The highest BCUT2D eigenvalue weighted by Crippen LogP contribution is 2.37. The van der Waals surface area contributed by atoms with Gasteiger partial charge in [0.05, 0.1) is 19.8 Å². The van der Waals surface area contributed by atoms with Crippen LogP contribution in [0.25, 0.3) is 0 Å². The summed E-state index contributed by atoms with van der Waals surface area (Å²) in [5.74, 6) is 1.63. The van der Waals surface area contributed by atoms with Gasteiger partial charge in [-0.2, -0.15) is 0 Å². The van der Waals surface area contributed by atoms with Crippen molar-refractivity contribution in [1.29, 1.82) is 0 Å². The van der Waals surface area contributed by atoms with Gasteiger partial charge in [0.1, 0.15) is 0 Å². The standard InChI is InChI=1S/C22H25ClN2O3/c23-18-6-2-1-5-17(18)14-24-22(26)15-25-10-3-7-19(25)16-8-9-20-21(13-16)28-12-4-11-27-20/h1-2,5-6,8-9,13,19H,3-4,7,10-12,14-15H2,(H,24,26). The maximum Gasteiger partial charge on any atom is 0.234 e. The second-order valence-corrected chi connectivity index (χ2v) is 7.66. The van der Waals surface area contributed by atoms with E-state index in [1.54, 1.807) is 0 Å². The minimum absolute atomic E-state index is 0.0150. The predicted molar refractivity (Wildman–Crippen MR) is 109 cm³/mol. The molecule has 6 heteroatoms. The Morgan fingerprint density at radius 1 is 1.11 bits per heavy atom. The van der Waals surface area contributed by atoms with Crippen molar-refractivity contribution in [3.63, 3.8) is 0 Å². The fraction of sp³-hybridized carbons (Fsp3) is 0.409. The summed E-state index contributed by atoms with van der Waals surface area (Å²) >= 11 is 6.17. The second kappa shape index (κ2) is 8.84. The fourth-order valence-corrected chi connectivity index (χ4v) is 4.06. The highest BCUT2D eigenvalue weighted by molar-refractivity contribution is 6.31. The van der Waals surface area contributed by atoms with Crippen LogP contribution in [0.1, 0.15) is 36.4 Å². The lowest BCUT2D eigenvalue weighted by atomic mass is 10.0. The summed E-state index contributed by atoms with van der Waals surface area (Å²) < 4.78 is 11.6. The quantitative estimate of drug-likeness (QED) is 0.825. The monoisotopic (exact) mass is 400 g/mol. The summed E-state index contributed by atoms with van der Waals surface area (Å²) in [6.07, 6.45) is 3.01. The predicted octanol–water partition coefficient (Wildman–Crippen LogP) is 3.95. The zero-order valence-corrected chi connectivity index (χ0v) is 16.6.